The Kier molecular flexibility index (Phi) is 6.97. The van der Waals surface area contributed by atoms with Crippen LogP contribution in [0.3, 0.4) is 0 Å². The first-order valence-corrected chi connectivity index (χ1v) is 16.0. The van der Waals surface area contributed by atoms with Crippen LogP contribution < -0.4 is 31.4 Å². The van der Waals surface area contributed by atoms with Gasteiger partial charge in [0.1, 0.15) is 0 Å². The Labute approximate surface area is 207 Å². The first-order valence-electron chi connectivity index (χ1n) is 9.22. The van der Waals surface area contributed by atoms with Gasteiger partial charge in [-0.05, 0) is 0 Å². The van der Waals surface area contributed by atoms with E-state index in [2.05, 4.69) is 4.52 Å². The van der Waals surface area contributed by atoms with Crippen molar-refractivity contribution >= 4 is 72.7 Å². The van der Waals surface area contributed by atoms with Crippen LogP contribution in [-0.2, 0) is 0 Å². The van der Waals surface area contributed by atoms with Gasteiger partial charge in [-0.3, -0.25) is 0 Å². The molecule has 0 fully saturated rings. The molecule has 1 aliphatic rings. The molecule has 6 N–H and O–H groups in total. The summed E-state index contributed by atoms with van der Waals surface area (Å²) in [6.45, 7) is 0. The summed E-state index contributed by atoms with van der Waals surface area (Å²) in [6.07, 6.45) is 0. The van der Waals surface area contributed by atoms with Crippen LogP contribution in [-0.4, -0.2) is 9.21 Å². The van der Waals surface area contributed by atoms with Crippen LogP contribution in [0.1, 0.15) is 0 Å². The molecule has 0 bridgehead atoms. The Balaban J connectivity index is 1.78. The predicted molar refractivity (Wildman–Crippen MR) is 139 cm³/mol. The fourth-order valence-electron chi connectivity index (χ4n) is 2.53. The van der Waals surface area contributed by atoms with Gasteiger partial charge in [0, 0.05) is 0 Å². The van der Waals surface area contributed by atoms with Gasteiger partial charge < -0.3 is 0 Å². The van der Waals surface area contributed by atoms with Crippen molar-refractivity contribution in [3.05, 3.63) is 72.8 Å². The molecular weight excluding hydrogens is 548 g/mol. The molecule has 1 heterocycles. The maximum absolute atomic E-state index is 6.64. The van der Waals surface area contributed by atoms with Crippen molar-refractivity contribution in [2.45, 2.75) is 0 Å². The molecule has 0 spiro atoms. The molecule has 0 radical (unpaired) electrons. The first-order chi connectivity index (χ1) is 15.6. The van der Waals surface area contributed by atoms with E-state index in [0.29, 0.717) is 28.6 Å². The maximum atomic E-state index is 6.64. The molecule has 0 aromatic heterocycles. The third-order valence-corrected chi connectivity index (χ3v) is 13.7. The van der Waals surface area contributed by atoms with Crippen LogP contribution in [0.15, 0.2) is 77.3 Å². The van der Waals surface area contributed by atoms with Gasteiger partial charge in [-0.1, -0.05) is 0 Å². The van der Waals surface area contributed by atoms with E-state index in [9.17, 15) is 0 Å². The van der Waals surface area contributed by atoms with Crippen LogP contribution >= 0.6 is 55.7 Å². The summed E-state index contributed by atoms with van der Waals surface area (Å²) in [5.74, 6) is 0.943. The fourth-order valence-corrected chi connectivity index (χ4v) is 10.2. The van der Waals surface area contributed by atoms with Gasteiger partial charge in [0.05, 0.1) is 0 Å². The Bertz CT molecular complexity index is 1200. The predicted octanol–water partition coefficient (Wildman–Crippen LogP) is 7.53. The minimum atomic E-state index is -4.53. The number of anilines is 3. The second kappa shape index (κ2) is 9.46. The molecule has 0 saturated carbocycles. The van der Waals surface area contributed by atoms with E-state index in [1.165, 1.54) is 4.60 Å². The van der Waals surface area contributed by atoms with Crippen LogP contribution in [0.4, 0.5) is 17.1 Å². The summed E-state index contributed by atoms with van der Waals surface area (Å²) in [6, 6.07) is 20.6. The Morgan fingerprint density at radius 3 is 1.70 bits per heavy atom. The second-order valence-electron chi connectivity index (χ2n) is 6.56. The summed E-state index contributed by atoms with van der Waals surface area (Å²) in [4.78, 5) is 7.49. The van der Waals surface area contributed by atoms with Crippen LogP contribution in [0.2, 0.25) is 0 Å². The molecule has 3 aromatic carbocycles. The Morgan fingerprint density at radius 2 is 1.18 bits per heavy atom. The number of benzene rings is 3. The van der Waals surface area contributed by atoms with Gasteiger partial charge in [0.2, 0.25) is 0 Å². The first kappa shape index (κ1) is 24.3. The zero-order chi connectivity index (χ0) is 23.7. The number of halogens is 3. The molecule has 0 saturated heterocycles. The van der Waals surface area contributed by atoms with Gasteiger partial charge in [-0.15, -0.1) is 0 Å². The van der Waals surface area contributed by atoms with E-state index in [1.807, 2.05) is 0 Å². The van der Waals surface area contributed by atoms with Crippen molar-refractivity contribution < 1.29 is 14.2 Å². The van der Waals surface area contributed by atoms with E-state index < -0.39 is 13.4 Å². The van der Waals surface area contributed by atoms with Crippen LogP contribution in [0, 0.1) is 0 Å². The molecule has 0 amide bonds. The Hall–Kier alpha value is -1.79. The molecule has 1 atom stereocenters. The summed E-state index contributed by atoms with van der Waals surface area (Å²) >= 11 is 19.9. The number of para-hydroxylation sites is 6. The molecular formula is C18H18Cl3N6O3P3. The molecule has 9 nitrogen and oxygen atoms in total. The Morgan fingerprint density at radius 1 is 0.727 bits per heavy atom. The van der Waals surface area contributed by atoms with E-state index in [1.54, 1.807) is 72.8 Å². The SMILES string of the molecule is Nc1ccccc1ON1P=NP(Cl)(Cl)(Cl)N(Oc2ccccc2N)P1Oc1ccccc1N. The standard InChI is InChI=1S/C18H18Cl3N6O3P3/c19-33(20,21)25-31-26(28-16-10-4-1-7-13(16)22)32(30-18-12-6-3-9-15(18)24)27(33)29-17-11-5-2-8-14(17)23/h1-12H,22-24H2. The van der Waals surface area contributed by atoms with Gasteiger partial charge in [-0.2, -0.15) is 0 Å². The average Bonchev–Trinajstić information content (AvgIpc) is 2.76. The molecule has 1 unspecified atom stereocenters. The van der Waals surface area contributed by atoms with Crippen LogP contribution in [0.25, 0.3) is 0 Å². The minimum absolute atomic E-state index is 0.170. The number of hydrogen-bond donors (Lipinski definition) is 3. The molecule has 4 rings (SSSR count). The third-order valence-electron chi connectivity index (χ3n) is 4.12. The third kappa shape index (κ3) is 5.48. The number of rotatable bonds is 6. The zero-order valence-electron chi connectivity index (χ0n) is 16.7. The summed E-state index contributed by atoms with van der Waals surface area (Å²) < 4.78 is 12.9. The van der Waals surface area contributed by atoms with Crippen LogP contribution in [0.5, 0.6) is 17.2 Å². The van der Waals surface area contributed by atoms with Gasteiger partial charge >= 0.3 is 208 Å². The van der Waals surface area contributed by atoms with Crippen molar-refractivity contribution in [2.75, 3.05) is 17.2 Å². The summed E-state index contributed by atoms with van der Waals surface area (Å²) in [5, 5.41) is 0. The normalized spacial score (nSPS) is 21.4. The zero-order valence-corrected chi connectivity index (χ0v) is 21.7. The molecule has 15 heteroatoms. The average molecular weight is 566 g/mol. The van der Waals surface area contributed by atoms with Crippen molar-refractivity contribution in [1.29, 1.82) is 0 Å². The van der Waals surface area contributed by atoms with E-state index in [-0.39, 0.29) is 14.3 Å². The van der Waals surface area contributed by atoms with E-state index >= 15 is 0 Å². The second-order valence-corrected chi connectivity index (χ2v) is 19.0. The fraction of sp³-hybridized carbons (Fsp3) is 0. The van der Waals surface area contributed by atoms with Crippen molar-refractivity contribution in [1.82, 2.24) is 9.21 Å². The van der Waals surface area contributed by atoms with E-state index in [4.69, 9.17) is 65.1 Å². The summed E-state index contributed by atoms with van der Waals surface area (Å²) in [7, 11) is -1.94. The topological polar surface area (TPSA) is 125 Å². The number of nitrogen functional groups attached to an aromatic ring is 3. The quantitative estimate of drug-likeness (QED) is 0.207. The number of hydrogen-bond acceptors (Lipinski definition) is 9. The molecule has 174 valence electrons. The molecule has 1 aliphatic heterocycles. The molecule has 33 heavy (non-hydrogen) atoms. The monoisotopic (exact) mass is 564 g/mol. The van der Waals surface area contributed by atoms with Crippen molar-refractivity contribution in [3.63, 3.8) is 0 Å². The summed E-state index contributed by atoms with van der Waals surface area (Å²) in [5.41, 5.74) is 19.3. The van der Waals surface area contributed by atoms with Gasteiger partial charge in [0.25, 0.3) is 0 Å². The van der Waals surface area contributed by atoms with Gasteiger partial charge in [-0.25, -0.2) is 0 Å². The molecule has 0 aliphatic carbocycles. The van der Waals surface area contributed by atoms with E-state index in [0.717, 1.165) is 4.60 Å². The van der Waals surface area contributed by atoms with Crippen molar-refractivity contribution in [3.8, 4) is 17.2 Å². The molecule has 3 aromatic rings. The van der Waals surface area contributed by atoms with Crippen molar-refractivity contribution in [2.24, 2.45) is 4.52 Å². The number of nitrogens with zero attached hydrogens (tertiary/aromatic N) is 3. The number of nitrogens with two attached hydrogens (primary N) is 3. The van der Waals surface area contributed by atoms with Gasteiger partial charge in [0.15, 0.2) is 0 Å².